The number of aromatic nitrogens is 2. The number of likely N-dealkylation sites (N-methyl/N-ethyl adjacent to an activating group) is 1. The lowest BCUT2D eigenvalue weighted by Crippen LogP contribution is -2.73. The summed E-state index contributed by atoms with van der Waals surface area (Å²) < 4.78 is 1.05. The van der Waals surface area contributed by atoms with Gasteiger partial charge in [0.25, 0.3) is 0 Å². The molecule has 0 spiro atoms. The molecule has 0 atom stereocenters. The highest BCUT2D eigenvalue weighted by molar-refractivity contribution is 5.84. The van der Waals surface area contributed by atoms with Crippen LogP contribution in [0.3, 0.4) is 0 Å². The van der Waals surface area contributed by atoms with Gasteiger partial charge in [0.2, 0.25) is 0 Å². The fourth-order valence-electron chi connectivity index (χ4n) is 2.69. The van der Waals surface area contributed by atoms with Crippen LogP contribution in [-0.4, -0.2) is 58.4 Å². The van der Waals surface area contributed by atoms with Crippen LogP contribution in [0.1, 0.15) is 0 Å². The zero-order valence-electron chi connectivity index (χ0n) is 12.4. The van der Waals surface area contributed by atoms with Gasteiger partial charge in [-0.15, -0.1) is 0 Å². The summed E-state index contributed by atoms with van der Waals surface area (Å²) in [4.78, 5) is 31.5. The van der Waals surface area contributed by atoms with Crippen LogP contribution in [0.2, 0.25) is 0 Å². The van der Waals surface area contributed by atoms with E-state index in [1.807, 2.05) is 0 Å². The molecule has 0 radical (unpaired) electrons. The van der Waals surface area contributed by atoms with Crippen molar-refractivity contribution in [2.24, 2.45) is 0 Å². The van der Waals surface area contributed by atoms with Crippen molar-refractivity contribution in [3.63, 3.8) is 0 Å². The summed E-state index contributed by atoms with van der Waals surface area (Å²) >= 11 is 0. The Bertz CT molecular complexity index is 808. The second-order valence-electron chi connectivity index (χ2n) is 5.69. The number of aliphatic carboxylic acids is 1. The molecule has 0 unspecified atom stereocenters. The number of anilines is 1. The van der Waals surface area contributed by atoms with Crippen molar-refractivity contribution in [3.05, 3.63) is 34.6 Å². The average molecular weight is 303 g/mol. The summed E-state index contributed by atoms with van der Waals surface area (Å²) in [6, 6.07) is 7.06. The van der Waals surface area contributed by atoms with E-state index in [2.05, 4.69) is 4.98 Å². The van der Waals surface area contributed by atoms with Crippen molar-refractivity contribution in [2.75, 3.05) is 37.9 Å². The Morgan fingerprint density at radius 1 is 1.36 bits per heavy atom. The molecule has 0 aliphatic carbocycles. The smallest absolute Gasteiger partial charge is 0.327 e. The van der Waals surface area contributed by atoms with Gasteiger partial charge < -0.3 is 15.8 Å². The molecule has 0 saturated carbocycles. The summed E-state index contributed by atoms with van der Waals surface area (Å²) in [7, 11) is 3.42. The number of nitrogens with zero attached hydrogens (tertiary/aromatic N) is 4. The Hall–Kier alpha value is -2.61. The van der Waals surface area contributed by atoms with Crippen LogP contribution < -0.4 is 16.3 Å². The van der Waals surface area contributed by atoms with Gasteiger partial charge in [-0.2, -0.15) is 0 Å². The zero-order valence-corrected chi connectivity index (χ0v) is 12.4. The molecule has 2 heterocycles. The first-order valence-electron chi connectivity index (χ1n) is 6.79. The van der Waals surface area contributed by atoms with Crippen LogP contribution in [-0.2, 0) is 4.79 Å². The van der Waals surface area contributed by atoms with E-state index in [0.717, 1.165) is 4.68 Å². The molecule has 116 valence electrons. The summed E-state index contributed by atoms with van der Waals surface area (Å²) in [6.45, 7) is 0.381. The lowest BCUT2D eigenvalue weighted by molar-refractivity contribution is -0.151. The normalized spacial score (nSPS) is 16.8. The Labute approximate surface area is 126 Å². The van der Waals surface area contributed by atoms with Crippen LogP contribution in [0.5, 0.6) is 0 Å². The molecule has 1 saturated heterocycles. The SMILES string of the molecule is CN(C)C1(C(=O)O)CN(c2nc3ccccc3n(N)c2=O)C1. The highest BCUT2D eigenvalue weighted by Crippen LogP contribution is 2.29. The lowest BCUT2D eigenvalue weighted by atomic mass is 9.88. The van der Waals surface area contributed by atoms with Crippen molar-refractivity contribution >= 4 is 22.8 Å². The number of nitrogen functional groups attached to an aromatic ring is 1. The first kappa shape index (κ1) is 14.3. The largest absolute Gasteiger partial charge is 0.480 e. The van der Waals surface area contributed by atoms with Crippen molar-refractivity contribution in [1.82, 2.24) is 14.6 Å². The van der Waals surface area contributed by atoms with Gasteiger partial charge in [0, 0.05) is 0 Å². The molecule has 1 aliphatic heterocycles. The Morgan fingerprint density at radius 3 is 2.59 bits per heavy atom. The van der Waals surface area contributed by atoms with Gasteiger partial charge in [0.05, 0.1) is 24.1 Å². The number of fused-ring (bicyclic) bond motifs is 1. The van der Waals surface area contributed by atoms with Gasteiger partial charge >= 0.3 is 11.5 Å². The first-order valence-corrected chi connectivity index (χ1v) is 6.79. The number of nitrogens with two attached hydrogens (primary N) is 1. The third-order valence-electron chi connectivity index (χ3n) is 4.24. The number of hydrogen-bond acceptors (Lipinski definition) is 6. The van der Waals surface area contributed by atoms with Crippen LogP contribution in [0.25, 0.3) is 11.0 Å². The number of hydrogen-bond donors (Lipinski definition) is 2. The van der Waals surface area contributed by atoms with E-state index < -0.39 is 17.1 Å². The third kappa shape index (κ3) is 1.84. The van der Waals surface area contributed by atoms with E-state index in [-0.39, 0.29) is 18.9 Å². The molecule has 8 heteroatoms. The predicted octanol–water partition coefficient (Wildman–Crippen LogP) is -0.685. The van der Waals surface area contributed by atoms with Crippen molar-refractivity contribution in [1.29, 1.82) is 0 Å². The minimum Gasteiger partial charge on any atom is -0.480 e. The minimum absolute atomic E-state index is 0.180. The zero-order chi connectivity index (χ0) is 16.1. The van der Waals surface area contributed by atoms with Crippen molar-refractivity contribution in [3.8, 4) is 0 Å². The maximum atomic E-state index is 12.3. The maximum absolute atomic E-state index is 12.3. The van der Waals surface area contributed by atoms with Gasteiger partial charge in [-0.3, -0.25) is 14.5 Å². The number of carboxylic acid groups (broad SMARTS) is 1. The molecule has 8 nitrogen and oxygen atoms in total. The predicted molar refractivity (Wildman–Crippen MR) is 82.4 cm³/mol. The molecule has 0 amide bonds. The minimum atomic E-state index is -1.00. The van der Waals surface area contributed by atoms with E-state index in [4.69, 9.17) is 5.84 Å². The second-order valence-corrected chi connectivity index (χ2v) is 5.69. The average Bonchev–Trinajstić information content (AvgIpc) is 2.42. The fourth-order valence-corrected chi connectivity index (χ4v) is 2.69. The van der Waals surface area contributed by atoms with Gasteiger partial charge in [-0.25, -0.2) is 9.66 Å². The molecule has 3 rings (SSSR count). The van der Waals surface area contributed by atoms with Gasteiger partial charge in [0.15, 0.2) is 11.4 Å². The molecule has 1 aromatic heterocycles. The number of rotatable bonds is 3. The number of carbonyl (C=O) groups is 1. The van der Waals surface area contributed by atoms with E-state index >= 15 is 0 Å². The summed E-state index contributed by atoms with van der Waals surface area (Å²) in [5, 5.41) is 9.42. The number of benzene rings is 1. The van der Waals surface area contributed by atoms with Gasteiger partial charge in [-0.1, -0.05) is 12.1 Å². The van der Waals surface area contributed by atoms with Crippen LogP contribution in [0, 0.1) is 0 Å². The van der Waals surface area contributed by atoms with Crippen molar-refractivity contribution < 1.29 is 9.90 Å². The van der Waals surface area contributed by atoms with E-state index in [9.17, 15) is 14.7 Å². The summed E-state index contributed by atoms with van der Waals surface area (Å²) in [5.74, 6) is 5.10. The Morgan fingerprint density at radius 2 is 2.00 bits per heavy atom. The maximum Gasteiger partial charge on any atom is 0.327 e. The van der Waals surface area contributed by atoms with Gasteiger partial charge in [-0.05, 0) is 26.2 Å². The lowest BCUT2D eigenvalue weighted by Gasteiger charge is -2.50. The summed E-state index contributed by atoms with van der Waals surface area (Å²) in [6.07, 6.45) is 0. The molecule has 3 N–H and O–H groups in total. The monoisotopic (exact) mass is 303 g/mol. The fraction of sp³-hybridized carbons (Fsp3) is 0.357. The van der Waals surface area contributed by atoms with Crippen molar-refractivity contribution in [2.45, 2.75) is 5.54 Å². The standard InChI is InChI=1S/C14H17N5O3/c1-17(2)14(13(21)22)7-18(8-14)11-12(20)19(15)10-6-4-3-5-9(10)16-11/h3-6H,7-8,15H2,1-2H3,(H,21,22). The van der Waals surface area contributed by atoms with E-state index in [0.29, 0.717) is 11.0 Å². The first-order chi connectivity index (χ1) is 10.4. The van der Waals surface area contributed by atoms with E-state index in [1.54, 1.807) is 48.2 Å². The highest BCUT2D eigenvalue weighted by atomic mass is 16.4. The molecule has 0 bridgehead atoms. The van der Waals surface area contributed by atoms with Crippen LogP contribution >= 0.6 is 0 Å². The number of carboxylic acids is 1. The van der Waals surface area contributed by atoms with E-state index in [1.165, 1.54) is 0 Å². The Balaban J connectivity index is 2.02. The molecular formula is C14H17N5O3. The third-order valence-corrected chi connectivity index (χ3v) is 4.24. The summed E-state index contributed by atoms with van der Waals surface area (Å²) in [5.41, 5.74) is -0.304. The highest BCUT2D eigenvalue weighted by Gasteiger charge is 2.52. The molecule has 2 aromatic rings. The number of para-hydroxylation sites is 2. The van der Waals surface area contributed by atoms with Gasteiger partial charge in [0.1, 0.15) is 0 Å². The molecule has 1 aliphatic rings. The quantitative estimate of drug-likeness (QED) is 0.723. The van der Waals surface area contributed by atoms with Crippen LogP contribution in [0.4, 0.5) is 5.82 Å². The van der Waals surface area contributed by atoms with Crippen LogP contribution in [0.15, 0.2) is 29.1 Å². The molecule has 1 aromatic carbocycles. The molecule has 1 fully saturated rings. The Kier molecular flexibility index (Phi) is 3.06. The second kappa shape index (κ2) is 4.70. The molecule has 22 heavy (non-hydrogen) atoms. The molecular weight excluding hydrogens is 286 g/mol. The topological polar surface area (TPSA) is 105 Å².